The molecule has 0 aromatic heterocycles. The summed E-state index contributed by atoms with van der Waals surface area (Å²) in [6.07, 6.45) is 3.54. The third kappa shape index (κ3) is 6.50. The standard InChI is InChI=1S/C18H27NO.C2HF3O2/c20-17-9-13-19(14-10-17)15-18(11-5-2-6-12-18)16-7-3-1-4-8-16;3-2(4,5)1(6)7/h1,3-4,7-8,17,20H,2,5-6,9-15H2;(H,6,7). The Balaban J connectivity index is 0.000000321. The number of nitrogens with zero attached hydrogens (tertiary/aromatic N) is 1. The Morgan fingerprint density at radius 2 is 1.59 bits per heavy atom. The van der Waals surface area contributed by atoms with Crippen molar-refractivity contribution >= 4 is 5.97 Å². The average molecular weight is 387 g/mol. The van der Waals surface area contributed by atoms with Gasteiger partial charge in [0.1, 0.15) is 0 Å². The molecule has 0 amide bonds. The number of alkyl halides is 3. The van der Waals surface area contributed by atoms with Crippen molar-refractivity contribution in [2.24, 2.45) is 0 Å². The van der Waals surface area contributed by atoms with E-state index < -0.39 is 12.1 Å². The van der Waals surface area contributed by atoms with Crippen molar-refractivity contribution in [3.05, 3.63) is 35.9 Å². The number of likely N-dealkylation sites (tertiary alicyclic amines) is 1. The molecule has 7 heteroatoms. The number of aliphatic hydroxyl groups excluding tert-OH is 1. The molecule has 27 heavy (non-hydrogen) atoms. The molecule has 1 aromatic rings. The van der Waals surface area contributed by atoms with Crippen LogP contribution in [0, 0.1) is 0 Å². The molecule has 2 fully saturated rings. The van der Waals surface area contributed by atoms with Crippen LogP contribution in [0.5, 0.6) is 0 Å². The maximum atomic E-state index is 10.6. The number of aliphatic carboxylic acids is 1. The fraction of sp³-hybridized carbons (Fsp3) is 0.650. The molecule has 4 nitrogen and oxygen atoms in total. The number of carbonyl (C=O) groups is 1. The summed E-state index contributed by atoms with van der Waals surface area (Å²) in [5.41, 5.74) is 1.90. The highest BCUT2D eigenvalue weighted by molar-refractivity contribution is 5.73. The van der Waals surface area contributed by atoms with Crippen LogP contribution in [0.25, 0.3) is 0 Å². The molecule has 0 unspecified atom stereocenters. The van der Waals surface area contributed by atoms with Gasteiger partial charge in [0, 0.05) is 25.0 Å². The van der Waals surface area contributed by atoms with Crippen molar-refractivity contribution in [1.29, 1.82) is 0 Å². The second kappa shape index (κ2) is 9.55. The highest BCUT2D eigenvalue weighted by Crippen LogP contribution is 2.40. The Labute approximate surface area is 158 Å². The molecule has 1 heterocycles. The molecule has 0 bridgehead atoms. The third-order valence-corrected chi connectivity index (χ3v) is 5.52. The second-order valence-electron chi connectivity index (χ2n) is 7.52. The number of carboxylic acids is 1. The van der Waals surface area contributed by atoms with Crippen molar-refractivity contribution < 1.29 is 28.2 Å². The van der Waals surface area contributed by atoms with Gasteiger partial charge in [-0.25, -0.2) is 4.79 Å². The van der Waals surface area contributed by atoms with Gasteiger partial charge in [-0.05, 0) is 31.2 Å². The minimum Gasteiger partial charge on any atom is -0.475 e. The lowest BCUT2D eigenvalue weighted by Crippen LogP contribution is -2.46. The van der Waals surface area contributed by atoms with E-state index in [0.29, 0.717) is 5.41 Å². The number of halogens is 3. The lowest BCUT2D eigenvalue weighted by atomic mass is 9.69. The molecule has 3 rings (SSSR count). The molecule has 1 saturated carbocycles. The van der Waals surface area contributed by atoms with Crippen molar-refractivity contribution in [2.45, 2.75) is 62.6 Å². The maximum absolute atomic E-state index is 10.6. The van der Waals surface area contributed by atoms with E-state index in [4.69, 9.17) is 9.90 Å². The van der Waals surface area contributed by atoms with E-state index in [-0.39, 0.29) is 6.10 Å². The van der Waals surface area contributed by atoms with Crippen LogP contribution in [-0.2, 0) is 10.2 Å². The van der Waals surface area contributed by atoms with Gasteiger partial charge in [0.25, 0.3) is 0 Å². The van der Waals surface area contributed by atoms with Crippen molar-refractivity contribution in [1.82, 2.24) is 4.90 Å². The molecule has 0 spiro atoms. The maximum Gasteiger partial charge on any atom is 0.490 e. The minimum atomic E-state index is -5.08. The fourth-order valence-electron chi connectivity index (χ4n) is 4.06. The normalized spacial score (nSPS) is 21.2. The third-order valence-electron chi connectivity index (χ3n) is 5.52. The summed E-state index contributed by atoms with van der Waals surface area (Å²) in [4.78, 5) is 11.5. The molecule has 1 saturated heterocycles. The predicted octanol–water partition coefficient (Wildman–Crippen LogP) is 3.98. The van der Waals surface area contributed by atoms with E-state index in [9.17, 15) is 18.3 Å². The average Bonchev–Trinajstić information content (AvgIpc) is 2.65. The predicted molar refractivity (Wildman–Crippen MR) is 96.6 cm³/mol. The number of carboxylic acid groups (broad SMARTS) is 1. The Bertz CT molecular complexity index is 578. The summed E-state index contributed by atoms with van der Waals surface area (Å²) in [5, 5.41) is 16.8. The molecule has 1 aliphatic carbocycles. The topological polar surface area (TPSA) is 60.8 Å². The van der Waals surface area contributed by atoms with E-state index in [2.05, 4.69) is 35.2 Å². The van der Waals surface area contributed by atoms with Crippen molar-refractivity contribution in [3.63, 3.8) is 0 Å². The van der Waals surface area contributed by atoms with Gasteiger partial charge in [-0.1, -0.05) is 49.6 Å². The minimum absolute atomic E-state index is 0.0646. The Kier molecular flexibility index (Phi) is 7.68. The van der Waals surface area contributed by atoms with Crippen LogP contribution in [0.2, 0.25) is 0 Å². The van der Waals surface area contributed by atoms with E-state index in [0.717, 1.165) is 25.9 Å². The first-order valence-electron chi connectivity index (χ1n) is 9.49. The Morgan fingerprint density at radius 1 is 1.07 bits per heavy atom. The largest absolute Gasteiger partial charge is 0.490 e. The SMILES string of the molecule is O=C(O)C(F)(F)F.OC1CCN(CC2(c3ccccc3)CCCCC2)CC1. The van der Waals surface area contributed by atoms with Gasteiger partial charge in [-0.15, -0.1) is 0 Å². The van der Waals surface area contributed by atoms with Gasteiger partial charge in [0.05, 0.1) is 6.10 Å². The molecule has 0 radical (unpaired) electrons. The number of hydrogen-bond donors (Lipinski definition) is 2. The van der Waals surface area contributed by atoms with Gasteiger partial charge < -0.3 is 15.1 Å². The van der Waals surface area contributed by atoms with Gasteiger partial charge in [0.2, 0.25) is 0 Å². The van der Waals surface area contributed by atoms with Crippen LogP contribution in [0.1, 0.15) is 50.5 Å². The summed E-state index contributed by atoms with van der Waals surface area (Å²) >= 11 is 0. The van der Waals surface area contributed by atoms with Gasteiger partial charge in [0.15, 0.2) is 0 Å². The van der Waals surface area contributed by atoms with Crippen LogP contribution >= 0.6 is 0 Å². The van der Waals surface area contributed by atoms with Crippen LogP contribution in [0.4, 0.5) is 13.2 Å². The second-order valence-corrected chi connectivity index (χ2v) is 7.52. The van der Waals surface area contributed by atoms with Gasteiger partial charge in [-0.2, -0.15) is 13.2 Å². The first-order chi connectivity index (χ1) is 12.7. The molecular formula is C20H28F3NO3. The van der Waals surface area contributed by atoms with Crippen LogP contribution in [0.3, 0.4) is 0 Å². The first kappa shape index (κ1) is 21.7. The fourth-order valence-corrected chi connectivity index (χ4v) is 4.06. The number of aliphatic hydroxyl groups is 1. The molecule has 2 aliphatic rings. The zero-order valence-corrected chi connectivity index (χ0v) is 15.4. The molecule has 152 valence electrons. The Hall–Kier alpha value is -1.60. The smallest absolute Gasteiger partial charge is 0.475 e. The summed E-state index contributed by atoms with van der Waals surface area (Å²) in [6, 6.07) is 11.1. The van der Waals surface area contributed by atoms with Crippen molar-refractivity contribution in [3.8, 4) is 0 Å². The molecule has 1 aromatic carbocycles. The van der Waals surface area contributed by atoms with Crippen molar-refractivity contribution in [2.75, 3.05) is 19.6 Å². The monoisotopic (exact) mass is 387 g/mol. The molecule has 1 aliphatic heterocycles. The molecule has 0 atom stereocenters. The summed E-state index contributed by atoms with van der Waals surface area (Å²) < 4.78 is 31.7. The summed E-state index contributed by atoms with van der Waals surface area (Å²) in [6.45, 7) is 3.31. The van der Waals surface area contributed by atoms with E-state index in [1.807, 2.05) is 0 Å². The van der Waals surface area contributed by atoms with Crippen LogP contribution < -0.4 is 0 Å². The lowest BCUT2D eigenvalue weighted by Gasteiger charge is -2.43. The van der Waals surface area contributed by atoms with E-state index in [1.54, 1.807) is 0 Å². The van der Waals surface area contributed by atoms with E-state index in [1.165, 1.54) is 44.2 Å². The van der Waals surface area contributed by atoms with Crippen LogP contribution in [0.15, 0.2) is 30.3 Å². The number of piperidine rings is 1. The Morgan fingerprint density at radius 3 is 2.07 bits per heavy atom. The summed E-state index contributed by atoms with van der Waals surface area (Å²) in [7, 11) is 0. The number of hydrogen-bond acceptors (Lipinski definition) is 3. The zero-order valence-electron chi connectivity index (χ0n) is 15.4. The van der Waals surface area contributed by atoms with E-state index >= 15 is 0 Å². The zero-order chi connectivity index (χ0) is 19.9. The van der Waals surface area contributed by atoms with Gasteiger partial charge >= 0.3 is 12.1 Å². The molecular weight excluding hydrogens is 359 g/mol. The first-order valence-corrected chi connectivity index (χ1v) is 9.49. The highest BCUT2D eigenvalue weighted by atomic mass is 19.4. The number of rotatable bonds is 3. The summed E-state index contributed by atoms with van der Waals surface area (Å²) in [5.74, 6) is -2.76. The lowest BCUT2D eigenvalue weighted by molar-refractivity contribution is -0.192. The number of benzene rings is 1. The van der Waals surface area contributed by atoms with Crippen LogP contribution in [-0.4, -0.2) is 53.0 Å². The highest BCUT2D eigenvalue weighted by Gasteiger charge is 2.38. The molecule has 2 N–H and O–H groups in total. The quantitative estimate of drug-likeness (QED) is 0.824. The van der Waals surface area contributed by atoms with Gasteiger partial charge in [-0.3, -0.25) is 0 Å².